The molecule has 7 heteroatoms. The van der Waals surface area contributed by atoms with Gasteiger partial charge in [-0.15, -0.1) is 0 Å². The number of hydrogen-bond acceptors (Lipinski definition) is 4. The van der Waals surface area contributed by atoms with Gasteiger partial charge in [0.05, 0.1) is 5.56 Å². The van der Waals surface area contributed by atoms with Crippen molar-refractivity contribution < 1.29 is 13.2 Å². The molecule has 0 unspecified atom stereocenters. The molecular formula is C11H15F3N4. The molecule has 1 aromatic heterocycles. The van der Waals surface area contributed by atoms with Crippen molar-refractivity contribution in [2.75, 3.05) is 38.1 Å². The molecule has 0 spiro atoms. The molecule has 1 fully saturated rings. The molecule has 0 radical (unpaired) electrons. The smallest absolute Gasteiger partial charge is 0.354 e. The van der Waals surface area contributed by atoms with Gasteiger partial charge in [-0.3, -0.25) is 5.43 Å². The van der Waals surface area contributed by atoms with E-state index < -0.39 is 11.7 Å². The Labute approximate surface area is 103 Å². The number of alkyl halides is 3. The molecule has 100 valence electrons. The monoisotopic (exact) mass is 260 g/mol. The van der Waals surface area contributed by atoms with Gasteiger partial charge in [0.15, 0.2) is 0 Å². The number of piperazine rings is 1. The van der Waals surface area contributed by atoms with Crippen LogP contribution in [-0.2, 0) is 6.18 Å². The minimum atomic E-state index is -4.32. The lowest BCUT2D eigenvalue weighted by atomic mass is 10.2. The van der Waals surface area contributed by atoms with E-state index in [4.69, 9.17) is 0 Å². The van der Waals surface area contributed by atoms with E-state index in [1.165, 1.54) is 6.07 Å². The number of rotatable bonds is 2. The number of anilines is 1. The third kappa shape index (κ3) is 2.91. The van der Waals surface area contributed by atoms with E-state index in [1.807, 2.05) is 11.9 Å². The second-order valence-corrected chi connectivity index (χ2v) is 4.10. The summed E-state index contributed by atoms with van der Waals surface area (Å²) in [6.45, 7) is 3.14. The van der Waals surface area contributed by atoms with Gasteiger partial charge in [0.2, 0.25) is 0 Å². The highest BCUT2D eigenvalue weighted by atomic mass is 19.4. The molecule has 0 saturated carbocycles. The van der Waals surface area contributed by atoms with Crippen LogP contribution in [0.25, 0.3) is 0 Å². The largest absolute Gasteiger partial charge is 0.417 e. The average molecular weight is 260 g/mol. The lowest BCUT2D eigenvalue weighted by Gasteiger charge is -2.34. The summed E-state index contributed by atoms with van der Waals surface area (Å²) < 4.78 is 37.2. The summed E-state index contributed by atoms with van der Waals surface area (Å²) in [5.41, 5.74) is 2.33. The van der Waals surface area contributed by atoms with Gasteiger partial charge in [-0.25, -0.2) is 9.99 Å². The second-order valence-electron chi connectivity index (χ2n) is 4.10. The summed E-state index contributed by atoms with van der Waals surface area (Å²) in [6, 6.07) is 2.50. The zero-order valence-corrected chi connectivity index (χ0v) is 10.0. The Balaban J connectivity index is 2.02. The fraction of sp³-hybridized carbons (Fsp3) is 0.545. The lowest BCUT2D eigenvalue weighted by molar-refractivity contribution is -0.137. The molecule has 1 N–H and O–H groups in total. The first-order valence-electron chi connectivity index (χ1n) is 5.71. The number of pyridine rings is 1. The van der Waals surface area contributed by atoms with Crippen LogP contribution in [0.5, 0.6) is 0 Å². The van der Waals surface area contributed by atoms with Crippen LogP contribution in [0.3, 0.4) is 0 Å². The van der Waals surface area contributed by atoms with Crippen molar-refractivity contribution in [2.45, 2.75) is 6.18 Å². The molecule has 1 aliphatic rings. The first kappa shape index (κ1) is 13.1. The van der Waals surface area contributed by atoms with Crippen LogP contribution in [-0.4, -0.2) is 43.2 Å². The van der Waals surface area contributed by atoms with Gasteiger partial charge in [0.25, 0.3) is 0 Å². The fourth-order valence-corrected chi connectivity index (χ4v) is 1.90. The lowest BCUT2D eigenvalue weighted by Crippen LogP contribution is -2.51. The number of nitrogens with one attached hydrogen (secondary N) is 1. The van der Waals surface area contributed by atoms with Crippen LogP contribution in [0, 0.1) is 0 Å². The molecule has 1 aromatic rings. The van der Waals surface area contributed by atoms with Crippen molar-refractivity contribution in [3.8, 4) is 0 Å². The molecule has 0 atom stereocenters. The zero-order valence-electron chi connectivity index (χ0n) is 10.0. The highest BCUT2D eigenvalue weighted by Gasteiger charge is 2.31. The van der Waals surface area contributed by atoms with E-state index in [9.17, 15) is 13.2 Å². The maximum Gasteiger partial charge on any atom is 0.417 e. The van der Waals surface area contributed by atoms with Crippen molar-refractivity contribution >= 4 is 5.82 Å². The van der Waals surface area contributed by atoms with Crippen LogP contribution >= 0.6 is 0 Å². The molecule has 0 aromatic carbocycles. The Bertz CT molecular complexity index is 382. The molecule has 1 aliphatic heterocycles. The predicted octanol–water partition coefficient (Wildman–Crippen LogP) is 1.36. The maximum absolute atomic E-state index is 12.4. The van der Waals surface area contributed by atoms with Gasteiger partial charge < -0.3 is 4.90 Å². The summed E-state index contributed by atoms with van der Waals surface area (Å²) in [5, 5.41) is 2.06. The van der Waals surface area contributed by atoms with Gasteiger partial charge in [0.1, 0.15) is 5.82 Å². The Morgan fingerprint density at radius 1 is 1.17 bits per heavy atom. The standard InChI is InChI=1S/C11H15F3N4/c1-15-18-6-4-17(5-7-18)10-3-2-9(8-16-10)11(12,13)14/h2-3,8,15H,4-7H2,1H3. The summed E-state index contributed by atoms with van der Waals surface area (Å²) in [4.78, 5) is 5.87. The second kappa shape index (κ2) is 5.11. The first-order valence-corrected chi connectivity index (χ1v) is 5.71. The minimum Gasteiger partial charge on any atom is -0.354 e. The highest BCUT2D eigenvalue weighted by molar-refractivity contribution is 5.40. The molecule has 0 amide bonds. The summed E-state index contributed by atoms with van der Waals surface area (Å²) in [5.74, 6) is 0.596. The Morgan fingerprint density at radius 2 is 1.83 bits per heavy atom. The SMILES string of the molecule is CNN1CCN(c2ccc(C(F)(F)F)cn2)CC1. The number of aromatic nitrogens is 1. The van der Waals surface area contributed by atoms with Crippen LogP contribution in [0.2, 0.25) is 0 Å². The van der Waals surface area contributed by atoms with Crippen molar-refractivity contribution in [3.63, 3.8) is 0 Å². The van der Waals surface area contributed by atoms with Gasteiger partial charge in [-0.2, -0.15) is 13.2 Å². The number of hydrazine groups is 1. The number of halogens is 3. The minimum absolute atomic E-state index is 0.596. The maximum atomic E-state index is 12.4. The molecule has 18 heavy (non-hydrogen) atoms. The van der Waals surface area contributed by atoms with Crippen LogP contribution in [0.1, 0.15) is 5.56 Å². The Kier molecular flexibility index (Phi) is 3.72. The van der Waals surface area contributed by atoms with Crippen LogP contribution in [0.15, 0.2) is 18.3 Å². The molecular weight excluding hydrogens is 245 g/mol. The average Bonchev–Trinajstić information content (AvgIpc) is 2.38. The Morgan fingerprint density at radius 3 is 2.28 bits per heavy atom. The van der Waals surface area contributed by atoms with Crippen molar-refractivity contribution in [3.05, 3.63) is 23.9 Å². The van der Waals surface area contributed by atoms with Gasteiger partial charge in [-0.1, -0.05) is 0 Å². The van der Waals surface area contributed by atoms with E-state index in [2.05, 4.69) is 15.4 Å². The molecule has 0 bridgehead atoms. The molecule has 2 rings (SSSR count). The number of hydrogen-bond donors (Lipinski definition) is 1. The van der Waals surface area contributed by atoms with Crippen LogP contribution in [0.4, 0.5) is 19.0 Å². The van der Waals surface area contributed by atoms with E-state index in [0.29, 0.717) is 5.82 Å². The van der Waals surface area contributed by atoms with Crippen molar-refractivity contribution in [1.82, 2.24) is 15.4 Å². The third-order valence-corrected chi connectivity index (χ3v) is 3.00. The van der Waals surface area contributed by atoms with Crippen molar-refractivity contribution in [2.24, 2.45) is 0 Å². The zero-order chi connectivity index (χ0) is 13.2. The third-order valence-electron chi connectivity index (χ3n) is 3.00. The van der Waals surface area contributed by atoms with Crippen LogP contribution < -0.4 is 10.3 Å². The number of nitrogens with zero attached hydrogens (tertiary/aromatic N) is 3. The first-order chi connectivity index (χ1) is 8.50. The molecule has 1 saturated heterocycles. The van der Waals surface area contributed by atoms with Gasteiger partial charge in [0, 0.05) is 32.4 Å². The molecule has 4 nitrogen and oxygen atoms in total. The fourth-order valence-electron chi connectivity index (χ4n) is 1.90. The molecule has 2 heterocycles. The van der Waals surface area contributed by atoms with E-state index >= 15 is 0 Å². The van der Waals surface area contributed by atoms with Gasteiger partial charge >= 0.3 is 6.18 Å². The normalized spacial score (nSPS) is 18.1. The molecule has 0 aliphatic carbocycles. The predicted molar refractivity (Wildman–Crippen MR) is 62.1 cm³/mol. The Hall–Kier alpha value is -1.34. The highest BCUT2D eigenvalue weighted by Crippen LogP contribution is 2.29. The summed E-state index contributed by atoms with van der Waals surface area (Å²) in [6.07, 6.45) is -3.43. The van der Waals surface area contributed by atoms with Crippen molar-refractivity contribution in [1.29, 1.82) is 0 Å². The van der Waals surface area contributed by atoms with E-state index in [1.54, 1.807) is 0 Å². The quantitative estimate of drug-likeness (QED) is 0.870. The summed E-state index contributed by atoms with van der Waals surface area (Å²) in [7, 11) is 1.85. The summed E-state index contributed by atoms with van der Waals surface area (Å²) >= 11 is 0. The van der Waals surface area contributed by atoms with E-state index in [0.717, 1.165) is 38.4 Å². The van der Waals surface area contributed by atoms with E-state index in [-0.39, 0.29) is 0 Å². The topological polar surface area (TPSA) is 31.4 Å². The van der Waals surface area contributed by atoms with Gasteiger partial charge in [-0.05, 0) is 19.2 Å².